The first-order valence-electron chi connectivity index (χ1n) is 5.94. The summed E-state index contributed by atoms with van der Waals surface area (Å²) in [6, 6.07) is 5.65. The summed E-state index contributed by atoms with van der Waals surface area (Å²) in [5, 5.41) is 4.51. The Bertz CT molecular complexity index is 559. The van der Waals surface area contributed by atoms with Gasteiger partial charge in [-0.2, -0.15) is 0 Å². The molecule has 1 saturated heterocycles. The molecule has 1 aromatic carbocycles. The third-order valence-electron chi connectivity index (χ3n) is 3.33. The summed E-state index contributed by atoms with van der Waals surface area (Å²) < 4.78 is 2.08. The summed E-state index contributed by atoms with van der Waals surface area (Å²) in [6.45, 7) is 2.07. The van der Waals surface area contributed by atoms with Gasteiger partial charge in [0.25, 0.3) is 0 Å². The maximum absolute atomic E-state index is 6.06. The average Bonchev–Trinajstić information content (AvgIpc) is 3.00. The molecule has 1 aliphatic rings. The molecule has 0 bridgehead atoms. The lowest BCUT2D eigenvalue weighted by Gasteiger charge is -2.13. The first kappa shape index (κ1) is 12.0. The lowest BCUT2D eigenvalue weighted by molar-refractivity contribution is 0.714. The molecule has 1 atom stereocenters. The Morgan fingerprint density at radius 3 is 2.89 bits per heavy atom. The number of nitrogens with zero attached hydrogens (tertiary/aromatic N) is 2. The van der Waals surface area contributed by atoms with Crippen LogP contribution in [0.5, 0.6) is 0 Å². The van der Waals surface area contributed by atoms with Gasteiger partial charge in [-0.3, -0.25) is 0 Å². The van der Waals surface area contributed by atoms with Gasteiger partial charge in [0.15, 0.2) is 0 Å². The van der Waals surface area contributed by atoms with Gasteiger partial charge in [0.1, 0.15) is 0 Å². The maximum atomic E-state index is 6.06. The fourth-order valence-corrected chi connectivity index (χ4v) is 2.66. The number of imidazole rings is 1. The Morgan fingerprint density at radius 2 is 2.17 bits per heavy atom. The van der Waals surface area contributed by atoms with Gasteiger partial charge in [0.2, 0.25) is 0 Å². The van der Waals surface area contributed by atoms with Gasteiger partial charge in [0.05, 0.1) is 16.4 Å². The molecule has 2 aromatic rings. The lowest BCUT2D eigenvalue weighted by Crippen LogP contribution is -2.10. The molecule has 94 valence electrons. The Morgan fingerprint density at radius 1 is 1.28 bits per heavy atom. The van der Waals surface area contributed by atoms with Crippen molar-refractivity contribution in [3.63, 3.8) is 0 Å². The van der Waals surface area contributed by atoms with E-state index in [2.05, 4.69) is 14.9 Å². The standard InChI is InChI=1S/C13H13Cl2N3/c14-11-2-1-10(5-12(11)15)18-8-17-7-13(18)9-3-4-16-6-9/h1-2,5,7-9,16H,3-4,6H2. The van der Waals surface area contributed by atoms with Crippen molar-refractivity contribution in [1.82, 2.24) is 14.9 Å². The van der Waals surface area contributed by atoms with Crippen LogP contribution < -0.4 is 5.32 Å². The van der Waals surface area contributed by atoms with E-state index < -0.39 is 0 Å². The highest BCUT2D eigenvalue weighted by Crippen LogP contribution is 2.28. The highest BCUT2D eigenvalue weighted by atomic mass is 35.5. The van der Waals surface area contributed by atoms with Gasteiger partial charge in [-0.05, 0) is 31.2 Å². The van der Waals surface area contributed by atoms with Crippen molar-refractivity contribution in [3.05, 3.63) is 46.5 Å². The Kier molecular flexibility index (Phi) is 3.29. The van der Waals surface area contributed by atoms with E-state index in [0.717, 1.165) is 25.2 Å². The van der Waals surface area contributed by atoms with Crippen LogP contribution in [0.1, 0.15) is 18.0 Å². The number of hydrogen-bond acceptors (Lipinski definition) is 2. The van der Waals surface area contributed by atoms with E-state index in [1.54, 1.807) is 0 Å². The van der Waals surface area contributed by atoms with Crippen molar-refractivity contribution in [3.8, 4) is 5.69 Å². The molecule has 0 spiro atoms. The molecule has 1 aromatic heterocycles. The number of nitrogens with one attached hydrogen (secondary N) is 1. The van der Waals surface area contributed by atoms with Crippen molar-refractivity contribution in [1.29, 1.82) is 0 Å². The second-order valence-corrected chi connectivity index (χ2v) is 5.29. The molecule has 1 fully saturated rings. The highest BCUT2D eigenvalue weighted by molar-refractivity contribution is 6.42. The van der Waals surface area contributed by atoms with Crippen LogP contribution in [0.3, 0.4) is 0 Å². The third kappa shape index (κ3) is 2.14. The zero-order chi connectivity index (χ0) is 12.5. The molecule has 3 nitrogen and oxygen atoms in total. The molecule has 3 rings (SSSR count). The number of halogens is 2. The summed E-state index contributed by atoms with van der Waals surface area (Å²) in [7, 11) is 0. The monoisotopic (exact) mass is 281 g/mol. The van der Waals surface area contributed by atoms with E-state index in [9.17, 15) is 0 Å². The fraction of sp³-hybridized carbons (Fsp3) is 0.308. The van der Waals surface area contributed by atoms with Crippen molar-refractivity contribution in [2.75, 3.05) is 13.1 Å². The molecule has 0 radical (unpaired) electrons. The minimum Gasteiger partial charge on any atom is -0.316 e. The molecule has 1 N–H and O–H groups in total. The van der Waals surface area contributed by atoms with E-state index in [1.165, 1.54) is 5.69 Å². The predicted molar refractivity (Wildman–Crippen MR) is 73.8 cm³/mol. The van der Waals surface area contributed by atoms with Crippen LogP contribution in [-0.4, -0.2) is 22.6 Å². The van der Waals surface area contributed by atoms with E-state index >= 15 is 0 Å². The van der Waals surface area contributed by atoms with E-state index in [0.29, 0.717) is 16.0 Å². The SMILES string of the molecule is Clc1ccc(-n2cncc2C2CCNC2)cc1Cl. The molecule has 0 saturated carbocycles. The Labute approximate surface area is 116 Å². The summed E-state index contributed by atoms with van der Waals surface area (Å²) in [5.41, 5.74) is 2.22. The molecule has 5 heteroatoms. The minimum absolute atomic E-state index is 0.516. The minimum atomic E-state index is 0.516. The number of rotatable bonds is 2. The zero-order valence-electron chi connectivity index (χ0n) is 9.74. The van der Waals surface area contributed by atoms with Crippen molar-refractivity contribution in [2.24, 2.45) is 0 Å². The molecule has 0 aliphatic carbocycles. The highest BCUT2D eigenvalue weighted by Gasteiger charge is 2.20. The molecule has 1 aliphatic heterocycles. The first-order chi connectivity index (χ1) is 8.75. The van der Waals surface area contributed by atoms with Crippen molar-refractivity contribution >= 4 is 23.2 Å². The first-order valence-corrected chi connectivity index (χ1v) is 6.69. The Balaban J connectivity index is 2.00. The molecule has 2 heterocycles. The summed E-state index contributed by atoms with van der Waals surface area (Å²) >= 11 is 12.0. The number of hydrogen-bond donors (Lipinski definition) is 1. The maximum Gasteiger partial charge on any atom is 0.0994 e. The Hall–Kier alpha value is -1.03. The van der Waals surface area contributed by atoms with Gasteiger partial charge >= 0.3 is 0 Å². The van der Waals surface area contributed by atoms with Gasteiger partial charge < -0.3 is 9.88 Å². The second kappa shape index (κ2) is 4.92. The average molecular weight is 282 g/mol. The van der Waals surface area contributed by atoms with Crippen LogP contribution in [0.2, 0.25) is 10.0 Å². The molecular formula is C13H13Cl2N3. The lowest BCUT2D eigenvalue weighted by atomic mass is 10.1. The summed E-state index contributed by atoms with van der Waals surface area (Å²) in [5.74, 6) is 0.516. The smallest absolute Gasteiger partial charge is 0.0994 e. The van der Waals surface area contributed by atoms with Gasteiger partial charge in [-0.25, -0.2) is 4.98 Å². The fourth-order valence-electron chi connectivity index (χ4n) is 2.37. The van der Waals surface area contributed by atoms with Gasteiger partial charge in [0, 0.05) is 30.0 Å². The molecule has 1 unspecified atom stereocenters. The third-order valence-corrected chi connectivity index (χ3v) is 4.07. The van der Waals surface area contributed by atoms with Crippen molar-refractivity contribution < 1.29 is 0 Å². The number of benzene rings is 1. The predicted octanol–water partition coefficient (Wildman–Crippen LogP) is 3.26. The quantitative estimate of drug-likeness (QED) is 0.916. The van der Waals surface area contributed by atoms with Crippen LogP contribution in [-0.2, 0) is 0 Å². The van der Waals surface area contributed by atoms with Crippen LogP contribution in [0.15, 0.2) is 30.7 Å². The zero-order valence-corrected chi connectivity index (χ0v) is 11.2. The normalized spacial score (nSPS) is 19.3. The van der Waals surface area contributed by atoms with Crippen LogP contribution in [0.4, 0.5) is 0 Å². The topological polar surface area (TPSA) is 29.9 Å². The van der Waals surface area contributed by atoms with Crippen LogP contribution in [0, 0.1) is 0 Å². The van der Waals surface area contributed by atoms with Gasteiger partial charge in [-0.1, -0.05) is 23.2 Å². The number of aromatic nitrogens is 2. The van der Waals surface area contributed by atoms with E-state index in [4.69, 9.17) is 23.2 Å². The van der Waals surface area contributed by atoms with E-state index in [1.807, 2.05) is 30.7 Å². The molecule has 0 amide bonds. The second-order valence-electron chi connectivity index (χ2n) is 4.48. The summed E-state index contributed by atoms with van der Waals surface area (Å²) in [6.07, 6.45) is 4.90. The van der Waals surface area contributed by atoms with Gasteiger partial charge in [-0.15, -0.1) is 0 Å². The summed E-state index contributed by atoms with van der Waals surface area (Å²) in [4.78, 5) is 4.25. The van der Waals surface area contributed by atoms with E-state index in [-0.39, 0.29) is 0 Å². The molecule has 18 heavy (non-hydrogen) atoms. The van der Waals surface area contributed by atoms with Crippen molar-refractivity contribution in [2.45, 2.75) is 12.3 Å². The largest absolute Gasteiger partial charge is 0.316 e. The molecular weight excluding hydrogens is 269 g/mol. The van der Waals surface area contributed by atoms with Crippen LogP contribution >= 0.6 is 23.2 Å². The van der Waals surface area contributed by atoms with Crippen LogP contribution in [0.25, 0.3) is 5.69 Å².